The zero-order chi connectivity index (χ0) is 8.27. The Bertz CT molecular complexity index is 145. The summed E-state index contributed by atoms with van der Waals surface area (Å²) in [6, 6.07) is 0. The first-order chi connectivity index (χ1) is 5.18. The highest BCUT2D eigenvalue weighted by Gasteiger charge is 2.12. The first-order valence-electron chi connectivity index (χ1n) is 3.59. The maximum Gasteiger partial charge on any atom is 0.113 e. The van der Waals surface area contributed by atoms with E-state index in [9.17, 15) is 4.79 Å². The minimum atomic E-state index is -0.394. The van der Waals surface area contributed by atoms with Gasteiger partial charge in [-0.15, -0.1) is 0 Å². The molecule has 0 saturated carbocycles. The van der Waals surface area contributed by atoms with Crippen LogP contribution in [0.4, 0.5) is 4.79 Å². The van der Waals surface area contributed by atoms with Crippen LogP contribution < -0.4 is 5.43 Å². The number of likely N-dealkylation sites (N-methyl/N-ethyl adjacent to an activating group) is 1. The number of amides is 1. The van der Waals surface area contributed by atoms with Crippen molar-refractivity contribution in [2.75, 3.05) is 33.2 Å². The molecule has 1 saturated heterocycles. The molecule has 0 bridgehead atoms. The Labute approximate surface area is 71.9 Å². The van der Waals surface area contributed by atoms with Gasteiger partial charge in [0.1, 0.15) is 5.24 Å². The largest absolute Gasteiger partial charge is 0.718 e. The molecule has 5 heteroatoms. The maximum atomic E-state index is 10.4. The van der Waals surface area contributed by atoms with Gasteiger partial charge in [0, 0.05) is 26.2 Å². The van der Waals surface area contributed by atoms with Crippen molar-refractivity contribution in [1.29, 1.82) is 0 Å². The van der Waals surface area contributed by atoms with Crippen LogP contribution in [-0.2, 0) is 12.6 Å². The summed E-state index contributed by atoms with van der Waals surface area (Å²) < 4.78 is 0. The second kappa shape index (κ2) is 3.85. The molecule has 4 nitrogen and oxygen atoms in total. The van der Waals surface area contributed by atoms with Crippen LogP contribution in [0, 0.1) is 0 Å². The van der Waals surface area contributed by atoms with Crippen LogP contribution in [-0.4, -0.2) is 48.4 Å². The van der Waals surface area contributed by atoms with Crippen LogP contribution in [0.3, 0.4) is 0 Å². The SMILES string of the molecule is CN1CCN(NC(=O)[S-])CC1. The van der Waals surface area contributed by atoms with Crippen molar-refractivity contribution in [2.24, 2.45) is 0 Å². The fourth-order valence-corrected chi connectivity index (χ4v) is 1.18. The number of nitrogens with zero attached hydrogens (tertiary/aromatic N) is 2. The summed E-state index contributed by atoms with van der Waals surface area (Å²) in [7, 11) is 2.06. The fraction of sp³-hybridized carbons (Fsp3) is 0.833. The highest BCUT2D eigenvalue weighted by Crippen LogP contribution is 1.94. The average Bonchev–Trinajstić information content (AvgIpc) is 1.93. The van der Waals surface area contributed by atoms with E-state index in [0.29, 0.717) is 0 Å². The lowest BCUT2D eigenvalue weighted by molar-refractivity contribution is 0.119. The molecule has 0 unspecified atom stereocenters. The molecular weight excluding hydrogens is 162 g/mol. The van der Waals surface area contributed by atoms with Crippen molar-refractivity contribution in [1.82, 2.24) is 15.3 Å². The third kappa shape index (κ3) is 3.00. The van der Waals surface area contributed by atoms with Crippen LogP contribution >= 0.6 is 0 Å². The summed E-state index contributed by atoms with van der Waals surface area (Å²) in [5.41, 5.74) is 2.58. The summed E-state index contributed by atoms with van der Waals surface area (Å²) in [4.78, 5) is 12.7. The van der Waals surface area contributed by atoms with Crippen LogP contribution in [0.15, 0.2) is 0 Å². The Balaban J connectivity index is 2.22. The third-order valence-corrected chi connectivity index (χ3v) is 1.84. The lowest BCUT2D eigenvalue weighted by atomic mass is 10.4. The molecule has 0 aromatic heterocycles. The van der Waals surface area contributed by atoms with E-state index >= 15 is 0 Å². The number of rotatable bonds is 1. The lowest BCUT2D eigenvalue weighted by Crippen LogP contribution is -2.51. The van der Waals surface area contributed by atoms with Crippen LogP contribution in [0.25, 0.3) is 0 Å². The molecule has 1 heterocycles. The molecule has 0 radical (unpaired) electrons. The highest BCUT2D eigenvalue weighted by atomic mass is 32.1. The summed E-state index contributed by atoms with van der Waals surface area (Å²) in [6.45, 7) is 3.68. The molecule has 0 spiro atoms. The quantitative estimate of drug-likeness (QED) is 0.539. The maximum absolute atomic E-state index is 10.4. The Morgan fingerprint density at radius 3 is 2.36 bits per heavy atom. The van der Waals surface area contributed by atoms with E-state index in [0.717, 1.165) is 26.2 Å². The first-order valence-corrected chi connectivity index (χ1v) is 4.00. The number of hydrazine groups is 1. The van der Waals surface area contributed by atoms with Crippen LogP contribution in [0.1, 0.15) is 0 Å². The summed E-state index contributed by atoms with van der Waals surface area (Å²) >= 11 is 4.38. The predicted octanol–water partition coefficient (Wildman–Crippen LogP) is -0.595. The van der Waals surface area contributed by atoms with Gasteiger partial charge in [-0.05, 0) is 7.05 Å². The molecule has 1 fully saturated rings. The smallest absolute Gasteiger partial charge is 0.113 e. The Morgan fingerprint density at radius 2 is 1.91 bits per heavy atom. The molecule has 0 aliphatic carbocycles. The van der Waals surface area contributed by atoms with E-state index in [2.05, 4.69) is 30.0 Å². The minimum Gasteiger partial charge on any atom is -0.718 e. The van der Waals surface area contributed by atoms with Gasteiger partial charge in [-0.2, -0.15) is 0 Å². The molecular formula is C6H12N3OS-. The van der Waals surface area contributed by atoms with E-state index in [1.165, 1.54) is 0 Å². The molecule has 1 amide bonds. The molecule has 0 aromatic carbocycles. The molecule has 0 aromatic rings. The van der Waals surface area contributed by atoms with Gasteiger partial charge in [-0.1, -0.05) is 0 Å². The standard InChI is InChI=1S/C6H13N3OS/c1-8-2-4-9(5-3-8)7-6(10)11/h2-5H2,1H3,(H2,7,10,11)/p-1. The fourth-order valence-electron chi connectivity index (χ4n) is 1.05. The van der Waals surface area contributed by atoms with E-state index in [1.54, 1.807) is 0 Å². The average molecular weight is 174 g/mol. The van der Waals surface area contributed by atoms with Gasteiger partial charge in [-0.25, -0.2) is 5.01 Å². The van der Waals surface area contributed by atoms with Crippen LogP contribution in [0.2, 0.25) is 0 Å². The van der Waals surface area contributed by atoms with Gasteiger partial charge in [0.25, 0.3) is 0 Å². The number of nitrogens with one attached hydrogen (secondary N) is 1. The molecule has 1 aliphatic heterocycles. The van der Waals surface area contributed by atoms with Gasteiger partial charge in [0.15, 0.2) is 0 Å². The van der Waals surface area contributed by atoms with Gasteiger partial charge in [0.05, 0.1) is 0 Å². The summed E-state index contributed by atoms with van der Waals surface area (Å²) in [5.74, 6) is 0. The van der Waals surface area contributed by atoms with Gasteiger partial charge in [-0.3, -0.25) is 0 Å². The van der Waals surface area contributed by atoms with Gasteiger partial charge < -0.3 is 27.7 Å². The minimum absolute atomic E-state index is 0.394. The lowest BCUT2D eigenvalue weighted by Gasteiger charge is -2.33. The second-order valence-electron chi connectivity index (χ2n) is 2.69. The van der Waals surface area contributed by atoms with Crippen molar-refractivity contribution in [2.45, 2.75) is 0 Å². The first kappa shape index (κ1) is 8.70. The van der Waals surface area contributed by atoms with E-state index in [-0.39, 0.29) is 0 Å². The topological polar surface area (TPSA) is 35.6 Å². The van der Waals surface area contributed by atoms with E-state index < -0.39 is 5.24 Å². The number of carbonyl (C=O) groups is 1. The van der Waals surface area contributed by atoms with Crippen molar-refractivity contribution >= 4 is 17.9 Å². The Kier molecular flexibility index (Phi) is 3.04. The van der Waals surface area contributed by atoms with Gasteiger partial charge in [0.2, 0.25) is 0 Å². The van der Waals surface area contributed by atoms with E-state index in [4.69, 9.17) is 0 Å². The molecule has 0 atom stereocenters. The third-order valence-electron chi connectivity index (χ3n) is 1.75. The zero-order valence-electron chi connectivity index (χ0n) is 6.54. The predicted molar refractivity (Wildman–Crippen MR) is 45.0 cm³/mol. The second-order valence-corrected chi connectivity index (χ2v) is 3.06. The number of hydrogen-bond donors (Lipinski definition) is 1. The van der Waals surface area contributed by atoms with Crippen molar-refractivity contribution < 1.29 is 4.79 Å². The number of carbonyl (C=O) groups excluding carboxylic acids is 1. The monoisotopic (exact) mass is 174 g/mol. The normalized spacial score (nSPS) is 21.5. The highest BCUT2D eigenvalue weighted by molar-refractivity contribution is 7.76. The summed E-state index contributed by atoms with van der Waals surface area (Å²) in [6.07, 6.45) is 0. The molecule has 1 aliphatic rings. The Hall–Kier alpha value is -0.390. The Morgan fingerprint density at radius 1 is 1.36 bits per heavy atom. The van der Waals surface area contributed by atoms with Gasteiger partial charge >= 0.3 is 0 Å². The molecule has 1 N–H and O–H groups in total. The molecule has 11 heavy (non-hydrogen) atoms. The summed E-state index contributed by atoms with van der Waals surface area (Å²) in [5, 5.41) is 1.46. The zero-order valence-corrected chi connectivity index (χ0v) is 7.36. The van der Waals surface area contributed by atoms with Crippen molar-refractivity contribution in [3.05, 3.63) is 0 Å². The molecule has 1 rings (SSSR count). The van der Waals surface area contributed by atoms with Crippen molar-refractivity contribution in [3.8, 4) is 0 Å². The van der Waals surface area contributed by atoms with Crippen LogP contribution in [0.5, 0.6) is 0 Å². The van der Waals surface area contributed by atoms with E-state index in [1.807, 2.05) is 5.01 Å². The molecule has 64 valence electrons. The number of piperazine rings is 1. The number of hydrogen-bond acceptors (Lipinski definition) is 4. The van der Waals surface area contributed by atoms with Crippen molar-refractivity contribution in [3.63, 3.8) is 0 Å².